The van der Waals surface area contributed by atoms with E-state index in [1.165, 1.54) is 7.11 Å². The predicted molar refractivity (Wildman–Crippen MR) is 100 cm³/mol. The molecule has 2 rings (SSSR count). The van der Waals surface area contributed by atoms with Crippen LogP contribution in [-0.4, -0.2) is 56.2 Å². The number of rotatable bonds is 8. The molecular weight excluding hydrogens is 332 g/mol. The zero-order valence-electron chi connectivity index (χ0n) is 16.0. The fourth-order valence-corrected chi connectivity index (χ4v) is 3.26. The first kappa shape index (κ1) is 20.2. The van der Waals surface area contributed by atoms with E-state index >= 15 is 0 Å². The second-order valence-corrected chi connectivity index (χ2v) is 6.83. The van der Waals surface area contributed by atoms with E-state index in [1.807, 2.05) is 36.9 Å². The van der Waals surface area contributed by atoms with E-state index in [1.54, 1.807) is 0 Å². The third-order valence-electron chi connectivity index (χ3n) is 4.68. The molecule has 144 valence electrons. The van der Waals surface area contributed by atoms with Gasteiger partial charge in [0.15, 0.2) is 0 Å². The summed E-state index contributed by atoms with van der Waals surface area (Å²) in [6.07, 6.45) is 2.78. The Morgan fingerprint density at radius 1 is 1.19 bits per heavy atom. The van der Waals surface area contributed by atoms with Gasteiger partial charge in [-0.1, -0.05) is 18.2 Å². The van der Waals surface area contributed by atoms with Crippen molar-refractivity contribution in [1.29, 1.82) is 0 Å². The molecule has 0 unspecified atom stereocenters. The van der Waals surface area contributed by atoms with E-state index in [9.17, 15) is 9.59 Å². The van der Waals surface area contributed by atoms with Crippen LogP contribution in [0, 0.1) is 13.8 Å². The lowest BCUT2D eigenvalue weighted by atomic mass is 10.0. The molecule has 6 nitrogen and oxygen atoms in total. The van der Waals surface area contributed by atoms with Gasteiger partial charge in [0.1, 0.15) is 12.4 Å². The molecule has 1 fully saturated rings. The summed E-state index contributed by atoms with van der Waals surface area (Å²) in [5.41, 5.74) is 2.24. The first-order valence-corrected chi connectivity index (χ1v) is 9.26. The summed E-state index contributed by atoms with van der Waals surface area (Å²) < 4.78 is 10.7. The largest absolute Gasteiger partial charge is 0.493 e. The van der Waals surface area contributed by atoms with E-state index in [2.05, 4.69) is 5.32 Å². The van der Waals surface area contributed by atoms with Crippen LogP contribution in [0.25, 0.3) is 0 Å². The van der Waals surface area contributed by atoms with E-state index < -0.39 is 0 Å². The van der Waals surface area contributed by atoms with Crippen LogP contribution in [0.4, 0.5) is 0 Å². The molecule has 1 aromatic carbocycles. The van der Waals surface area contributed by atoms with Gasteiger partial charge in [-0.2, -0.15) is 0 Å². The molecule has 1 aliphatic rings. The summed E-state index contributed by atoms with van der Waals surface area (Å²) in [7, 11) is 1.50. The lowest BCUT2D eigenvalue weighted by Crippen LogP contribution is -2.47. The van der Waals surface area contributed by atoms with Gasteiger partial charge in [-0.15, -0.1) is 0 Å². The standard InChI is InChI=1S/C20H30N2O4/c1-15-6-4-7-16(2)20(15)26-13-5-8-19(24)22-11-9-17(10-12-22)21-18(23)14-25-3/h4,6-7,17H,5,8-14H2,1-3H3,(H,21,23). The number of hydrogen-bond donors (Lipinski definition) is 1. The minimum atomic E-state index is -0.0964. The average molecular weight is 362 g/mol. The lowest BCUT2D eigenvalue weighted by molar-refractivity contribution is -0.132. The van der Waals surface area contributed by atoms with Crippen molar-refractivity contribution in [2.75, 3.05) is 33.4 Å². The highest BCUT2D eigenvalue weighted by Gasteiger charge is 2.23. The number of hydrogen-bond acceptors (Lipinski definition) is 4. The van der Waals surface area contributed by atoms with Gasteiger partial charge in [0.2, 0.25) is 11.8 Å². The van der Waals surface area contributed by atoms with Crippen molar-refractivity contribution >= 4 is 11.8 Å². The zero-order valence-corrected chi connectivity index (χ0v) is 16.0. The maximum absolute atomic E-state index is 12.3. The molecule has 2 amide bonds. The normalized spacial score (nSPS) is 15.0. The molecule has 1 aromatic rings. The van der Waals surface area contributed by atoms with Gasteiger partial charge >= 0.3 is 0 Å². The third-order valence-corrected chi connectivity index (χ3v) is 4.68. The summed E-state index contributed by atoms with van der Waals surface area (Å²) in [5.74, 6) is 0.991. The molecule has 1 aliphatic heterocycles. The van der Waals surface area contributed by atoms with Crippen LogP contribution in [0.2, 0.25) is 0 Å². The second-order valence-electron chi connectivity index (χ2n) is 6.83. The maximum Gasteiger partial charge on any atom is 0.246 e. The molecule has 0 aromatic heterocycles. The van der Waals surface area contributed by atoms with E-state index in [4.69, 9.17) is 9.47 Å². The number of ether oxygens (including phenoxy) is 2. The van der Waals surface area contributed by atoms with Crippen LogP contribution in [0.15, 0.2) is 18.2 Å². The molecular formula is C20H30N2O4. The summed E-state index contributed by atoms with van der Waals surface area (Å²) in [6, 6.07) is 6.21. The number of carbonyl (C=O) groups is 2. The number of nitrogens with zero attached hydrogens (tertiary/aromatic N) is 1. The number of nitrogens with one attached hydrogen (secondary N) is 1. The molecule has 6 heteroatoms. The van der Waals surface area contributed by atoms with Gasteiger partial charge in [-0.25, -0.2) is 0 Å². The quantitative estimate of drug-likeness (QED) is 0.720. The Morgan fingerprint density at radius 2 is 1.85 bits per heavy atom. The fraction of sp³-hybridized carbons (Fsp3) is 0.600. The van der Waals surface area contributed by atoms with E-state index in [0.29, 0.717) is 32.5 Å². The van der Waals surface area contributed by atoms with Crippen LogP contribution in [-0.2, 0) is 14.3 Å². The van der Waals surface area contributed by atoms with Crippen molar-refractivity contribution in [3.8, 4) is 5.75 Å². The van der Waals surface area contributed by atoms with Crippen molar-refractivity contribution < 1.29 is 19.1 Å². The van der Waals surface area contributed by atoms with Gasteiger partial charge < -0.3 is 19.7 Å². The van der Waals surface area contributed by atoms with Crippen LogP contribution < -0.4 is 10.1 Å². The number of para-hydroxylation sites is 1. The van der Waals surface area contributed by atoms with Gasteiger partial charge in [0, 0.05) is 32.7 Å². The molecule has 0 saturated carbocycles. The van der Waals surface area contributed by atoms with Gasteiger partial charge in [-0.3, -0.25) is 9.59 Å². The fourth-order valence-electron chi connectivity index (χ4n) is 3.26. The zero-order chi connectivity index (χ0) is 18.9. The highest BCUT2D eigenvalue weighted by Crippen LogP contribution is 2.22. The Bertz CT molecular complexity index is 590. The van der Waals surface area contributed by atoms with Gasteiger partial charge in [0.25, 0.3) is 0 Å². The van der Waals surface area contributed by atoms with Gasteiger partial charge in [0.05, 0.1) is 6.61 Å². The lowest BCUT2D eigenvalue weighted by Gasteiger charge is -2.32. The number of benzene rings is 1. The Morgan fingerprint density at radius 3 is 2.46 bits per heavy atom. The minimum Gasteiger partial charge on any atom is -0.493 e. The summed E-state index contributed by atoms with van der Waals surface area (Å²) in [5, 5.41) is 2.94. The summed E-state index contributed by atoms with van der Waals surface area (Å²) >= 11 is 0. The Balaban J connectivity index is 1.66. The SMILES string of the molecule is COCC(=O)NC1CCN(C(=O)CCCOc2c(C)cccc2C)CC1. The molecule has 1 N–H and O–H groups in total. The number of likely N-dealkylation sites (tertiary alicyclic amines) is 1. The van der Waals surface area contributed by atoms with Crippen LogP contribution >= 0.6 is 0 Å². The smallest absolute Gasteiger partial charge is 0.246 e. The average Bonchev–Trinajstić information content (AvgIpc) is 2.61. The first-order chi connectivity index (χ1) is 12.5. The molecule has 0 radical (unpaired) electrons. The second kappa shape index (κ2) is 10.2. The van der Waals surface area contributed by atoms with Crippen LogP contribution in [0.3, 0.4) is 0 Å². The number of methoxy groups -OCH3 is 1. The molecule has 26 heavy (non-hydrogen) atoms. The molecule has 1 saturated heterocycles. The summed E-state index contributed by atoms with van der Waals surface area (Å²) in [4.78, 5) is 25.8. The molecule has 0 bridgehead atoms. The predicted octanol–water partition coefficient (Wildman–Crippen LogP) is 2.22. The summed E-state index contributed by atoms with van der Waals surface area (Å²) in [6.45, 7) is 6.07. The number of carbonyl (C=O) groups excluding carboxylic acids is 2. The van der Waals surface area contributed by atoms with Crippen molar-refractivity contribution in [2.45, 2.75) is 45.6 Å². The van der Waals surface area contributed by atoms with Crippen LogP contribution in [0.5, 0.6) is 5.75 Å². The van der Waals surface area contributed by atoms with Crippen LogP contribution in [0.1, 0.15) is 36.8 Å². The van der Waals surface area contributed by atoms with Crippen molar-refractivity contribution in [1.82, 2.24) is 10.2 Å². The Kier molecular flexibility index (Phi) is 7.91. The minimum absolute atomic E-state index is 0.0828. The monoisotopic (exact) mass is 362 g/mol. The Labute approximate surface area is 155 Å². The number of amides is 2. The molecule has 1 heterocycles. The highest BCUT2D eigenvalue weighted by molar-refractivity contribution is 5.78. The highest BCUT2D eigenvalue weighted by atomic mass is 16.5. The van der Waals surface area contributed by atoms with E-state index in [-0.39, 0.29) is 24.5 Å². The topological polar surface area (TPSA) is 67.9 Å². The molecule has 0 aliphatic carbocycles. The van der Waals surface area contributed by atoms with E-state index in [0.717, 1.165) is 29.7 Å². The third kappa shape index (κ3) is 6.02. The van der Waals surface area contributed by atoms with Crippen molar-refractivity contribution in [3.05, 3.63) is 29.3 Å². The first-order valence-electron chi connectivity index (χ1n) is 9.26. The number of piperidine rings is 1. The Hall–Kier alpha value is -2.08. The number of aryl methyl sites for hydroxylation is 2. The van der Waals surface area contributed by atoms with Crippen molar-refractivity contribution in [3.63, 3.8) is 0 Å². The maximum atomic E-state index is 12.3. The molecule has 0 spiro atoms. The molecule has 0 atom stereocenters. The van der Waals surface area contributed by atoms with Crippen molar-refractivity contribution in [2.24, 2.45) is 0 Å². The van der Waals surface area contributed by atoms with Gasteiger partial charge in [-0.05, 0) is 44.2 Å².